The molecule has 1 unspecified atom stereocenters. The number of Topliss-reactive ketones (excluding diaryl/α,β-unsaturated/α-hetero) is 1. The van der Waals surface area contributed by atoms with E-state index in [0.717, 1.165) is 11.1 Å². The first-order valence-electron chi connectivity index (χ1n) is 14.1. The summed E-state index contributed by atoms with van der Waals surface area (Å²) in [7, 11) is 0. The van der Waals surface area contributed by atoms with Gasteiger partial charge in [0.15, 0.2) is 12.4 Å². The Morgan fingerprint density at radius 1 is 0.933 bits per heavy atom. The number of ketones is 1. The molecule has 2 amide bonds. The summed E-state index contributed by atoms with van der Waals surface area (Å²) in [4.78, 5) is 57.3. The third kappa shape index (κ3) is 8.90. The maximum absolute atomic E-state index is 13.5. The smallest absolute Gasteiger partial charge is 0.341 e. The van der Waals surface area contributed by atoms with Crippen molar-refractivity contribution >= 4 is 58.1 Å². The van der Waals surface area contributed by atoms with E-state index in [1.54, 1.807) is 18.2 Å². The highest BCUT2D eigenvalue weighted by Gasteiger charge is 2.46. The van der Waals surface area contributed by atoms with E-state index >= 15 is 0 Å². The second-order valence-electron chi connectivity index (χ2n) is 10.1. The molecular formula is C34H31Cl2N3O6. The normalized spacial score (nSPS) is 16.1. The number of benzene rings is 3. The van der Waals surface area contributed by atoms with Crippen molar-refractivity contribution in [2.24, 2.45) is 5.16 Å². The van der Waals surface area contributed by atoms with Gasteiger partial charge in [0, 0.05) is 18.4 Å². The third-order valence-corrected chi connectivity index (χ3v) is 7.43. The molecule has 1 heterocycles. The van der Waals surface area contributed by atoms with Crippen LogP contribution in [0.25, 0.3) is 5.57 Å². The van der Waals surface area contributed by atoms with Crippen molar-refractivity contribution in [3.63, 3.8) is 0 Å². The van der Waals surface area contributed by atoms with Crippen molar-refractivity contribution in [3.8, 4) is 0 Å². The standard InChI is InChI=1S/C34H31Cl2N3O6/c1-2-3-15-27(24-13-8-5-9-14-24)31(41)37-20-25-19-34(45-39-25,18-23-11-6-4-7-12-23)33(43)38-21-26(40)22-44-32(42)30-28(35)16-10-17-29(30)36/h2-17H,18-22H2,1H3,(H,37,41)(H,38,43)/b3-2-,27-15+. The molecule has 9 nitrogen and oxygen atoms in total. The SMILES string of the molecule is C/C=C\C=C(\C(=O)NCC1=NOC(Cc2ccccc2)(C(=O)NCC(=O)COC(=O)c2c(Cl)cccc2Cl)C1)c1ccccc1. The van der Waals surface area contributed by atoms with Crippen LogP contribution in [0.15, 0.2) is 102 Å². The summed E-state index contributed by atoms with van der Waals surface area (Å²) in [6, 6.07) is 23.0. The van der Waals surface area contributed by atoms with Gasteiger partial charge in [0.2, 0.25) is 5.60 Å². The highest BCUT2D eigenvalue weighted by Crippen LogP contribution is 2.29. The van der Waals surface area contributed by atoms with Crippen LogP contribution in [0.3, 0.4) is 0 Å². The number of nitrogens with zero attached hydrogens (tertiary/aromatic N) is 1. The molecule has 45 heavy (non-hydrogen) atoms. The lowest BCUT2D eigenvalue weighted by Gasteiger charge is -2.25. The zero-order valence-electron chi connectivity index (χ0n) is 24.4. The van der Waals surface area contributed by atoms with Crippen LogP contribution in [0.1, 0.15) is 34.8 Å². The van der Waals surface area contributed by atoms with Crippen LogP contribution < -0.4 is 10.6 Å². The highest BCUT2D eigenvalue weighted by molar-refractivity contribution is 6.39. The van der Waals surface area contributed by atoms with E-state index < -0.39 is 36.4 Å². The van der Waals surface area contributed by atoms with E-state index in [1.807, 2.05) is 73.7 Å². The van der Waals surface area contributed by atoms with Crippen molar-refractivity contribution < 1.29 is 28.8 Å². The fourth-order valence-corrected chi connectivity index (χ4v) is 5.11. The van der Waals surface area contributed by atoms with Gasteiger partial charge in [0.1, 0.15) is 0 Å². The lowest BCUT2D eigenvalue weighted by Crippen LogP contribution is -2.50. The van der Waals surface area contributed by atoms with Crippen LogP contribution in [0.4, 0.5) is 0 Å². The van der Waals surface area contributed by atoms with Crippen molar-refractivity contribution in [1.29, 1.82) is 0 Å². The number of ether oxygens (including phenoxy) is 1. The summed E-state index contributed by atoms with van der Waals surface area (Å²) in [5.74, 6) is -2.32. The fourth-order valence-electron chi connectivity index (χ4n) is 4.56. The molecule has 3 aromatic rings. The molecule has 11 heteroatoms. The van der Waals surface area contributed by atoms with Crippen molar-refractivity contribution in [1.82, 2.24) is 10.6 Å². The van der Waals surface area contributed by atoms with Crippen molar-refractivity contribution in [2.45, 2.75) is 25.4 Å². The van der Waals surface area contributed by atoms with Crippen molar-refractivity contribution in [3.05, 3.63) is 124 Å². The average molecular weight is 649 g/mol. The number of carbonyl (C=O) groups excluding carboxylic acids is 4. The Kier molecular flexibility index (Phi) is 11.7. The minimum Gasteiger partial charge on any atom is -0.454 e. The Balaban J connectivity index is 1.38. The molecule has 0 aliphatic carbocycles. The molecule has 0 saturated carbocycles. The number of nitrogens with one attached hydrogen (secondary N) is 2. The number of esters is 1. The largest absolute Gasteiger partial charge is 0.454 e. The summed E-state index contributed by atoms with van der Waals surface area (Å²) in [5, 5.41) is 9.77. The number of oxime groups is 1. The molecule has 0 aromatic heterocycles. The molecule has 0 fully saturated rings. The van der Waals surface area contributed by atoms with E-state index in [2.05, 4.69) is 15.8 Å². The number of rotatable bonds is 13. The van der Waals surface area contributed by atoms with E-state index in [-0.39, 0.29) is 40.9 Å². The third-order valence-electron chi connectivity index (χ3n) is 6.80. The monoisotopic (exact) mass is 647 g/mol. The Hall–Kier alpha value is -4.73. The molecule has 1 atom stereocenters. The van der Waals surface area contributed by atoms with Crippen LogP contribution in [0.5, 0.6) is 0 Å². The fraction of sp³-hybridized carbons (Fsp3) is 0.206. The Morgan fingerprint density at radius 3 is 2.27 bits per heavy atom. The number of amides is 2. The summed E-state index contributed by atoms with van der Waals surface area (Å²) in [6.07, 6.45) is 5.56. The quantitative estimate of drug-likeness (QED) is 0.146. The minimum atomic E-state index is -1.47. The first-order valence-corrected chi connectivity index (χ1v) is 14.8. The maximum Gasteiger partial charge on any atom is 0.341 e. The number of hydrogen-bond donors (Lipinski definition) is 2. The summed E-state index contributed by atoms with van der Waals surface area (Å²) < 4.78 is 5.07. The lowest BCUT2D eigenvalue weighted by atomic mass is 9.88. The van der Waals surface area contributed by atoms with Gasteiger partial charge in [0.25, 0.3) is 11.8 Å². The zero-order valence-corrected chi connectivity index (χ0v) is 25.9. The molecule has 4 rings (SSSR count). The molecule has 232 valence electrons. The number of halogens is 2. The minimum absolute atomic E-state index is 0.0438. The second-order valence-corrected chi connectivity index (χ2v) is 10.9. The molecule has 1 aliphatic rings. The van der Waals surface area contributed by atoms with Crippen LogP contribution in [0.2, 0.25) is 10.0 Å². The summed E-state index contributed by atoms with van der Waals surface area (Å²) >= 11 is 12.1. The predicted octanol–water partition coefficient (Wildman–Crippen LogP) is 5.37. The molecule has 3 aromatic carbocycles. The average Bonchev–Trinajstić information content (AvgIpc) is 3.46. The van der Waals surface area contributed by atoms with E-state index in [1.165, 1.54) is 12.1 Å². The van der Waals surface area contributed by atoms with Gasteiger partial charge in [0.05, 0.1) is 34.4 Å². The topological polar surface area (TPSA) is 123 Å². The Morgan fingerprint density at radius 2 is 1.60 bits per heavy atom. The molecule has 1 aliphatic heterocycles. The number of carbonyl (C=O) groups is 4. The number of hydrogen-bond acceptors (Lipinski definition) is 7. The Labute approximate surface area is 270 Å². The van der Waals surface area contributed by atoms with Gasteiger partial charge in [-0.1, -0.05) is 107 Å². The van der Waals surface area contributed by atoms with Gasteiger partial charge in [-0.3, -0.25) is 14.4 Å². The molecule has 0 bridgehead atoms. The summed E-state index contributed by atoms with van der Waals surface area (Å²) in [5.41, 5.74) is 0.963. The van der Waals surface area contributed by atoms with Gasteiger partial charge in [-0.2, -0.15) is 0 Å². The molecule has 0 radical (unpaired) electrons. The number of allylic oxidation sites excluding steroid dienone is 3. The zero-order chi connectivity index (χ0) is 32.2. The van der Waals surface area contributed by atoms with Gasteiger partial charge in [-0.05, 0) is 36.3 Å². The van der Waals surface area contributed by atoms with Gasteiger partial charge in [-0.25, -0.2) is 4.79 Å². The van der Waals surface area contributed by atoms with Gasteiger partial charge < -0.3 is 20.2 Å². The van der Waals surface area contributed by atoms with Crippen LogP contribution in [-0.2, 0) is 30.4 Å². The van der Waals surface area contributed by atoms with Crippen LogP contribution in [-0.4, -0.2) is 54.6 Å². The predicted molar refractivity (Wildman–Crippen MR) is 173 cm³/mol. The molecular weight excluding hydrogens is 617 g/mol. The summed E-state index contributed by atoms with van der Waals surface area (Å²) in [6.45, 7) is 0.869. The first-order chi connectivity index (χ1) is 21.7. The van der Waals surface area contributed by atoms with Gasteiger partial charge >= 0.3 is 5.97 Å². The first kappa shape index (κ1) is 33.2. The van der Waals surface area contributed by atoms with E-state index in [0.29, 0.717) is 11.3 Å². The maximum atomic E-state index is 13.5. The lowest BCUT2D eigenvalue weighted by molar-refractivity contribution is -0.144. The van der Waals surface area contributed by atoms with E-state index in [4.69, 9.17) is 32.8 Å². The molecule has 0 spiro atoms. The van der Waals surface area contributed by atoms with Crippen molar-refractivity contribution in [2.75, 3.05) is 19.7 Å². The Bertz CT molecular complexity index is 1620. The molecule has 2 N–H and O–H groups in total. The second kappa shape index (κ2) is 15.8. The van der Waals surface area contributed by atoms with Crippen LogP contribution in [0, 0.1) is 0 Å². The highest BCUT2D eigenvalue weighted by atomic mass is 35.5. The van der Waals surface area contributed by atoms with Crippen LogP contribution >= 0.6 is 23.2 Å². The van der Waals surface area contributed by atoms with E-state index in [9.17, 15) is 19.2 Å². The molecule has 0 saturated heterocycles. The van der Waals surface area contributed by atoms with Gasteiger partial charge in [-0.15, -0.1) is 0 Å².